The van der Waals surface area contributed by atoms with Crippen LogP contribution in [0.25, 0.3) is 0 Å². The molecule has 2 rings (SSSR count). The molecular formula is C15H25N3OS. The minimum absolute atomic E-state index is 0.0923. The first-order valence-electron chi connectivity index (χ1n) is 7.27. The van der Waals surface area contributed by atoms with E-state index in [1.54, 1.807) is 11.3 Å². The summed E-state index contributed by atoms with van der Waals surface area (Å²) >= 11 is 1.75. The third kappa shape index (κ3) is 4.21. The Morgan fingerprint density at radius 3 is 3.05 bits per heavy atom. The first kappa shape index (κ1) is 15.3. The molecule has 1 fully saturated rings. The fraction of sp³-hybridized carbons (Fsp3) is 0.667. The van der Waals surface area contributed by atoms with Crippen molar-refractivity contribution in [3.63, 3.8) is 0 Å². The Morgan fingerprint density at radius 1 is 1.60 bits per heavy atom. The van der Waals surface area contributed by atoms with E-state index < -0.39 is 0 Å². The number of nitrogens with zero attached hydrogens (tertiary/aromatic N) is 2. The Labute approximate surface area is 125 Å². The Morgan fingerprint density at radius 2 is 2.40 bits per heavy atom. The van der Waals surface area contributed by atoms with Gasteiger partial charge in [-0.2, -0.15) is 0 Å². The molecule has 1 saturated heterocycles. The minimum atomic E-state index is 0.0923. The molecule has 20 heavy (non-hydrogen) atoms. The minimum Gasteiger partial charge on any atom is -0.337 e. The second-order valence-corrected chi connectivity index (χ2v) is 6.94. The van der Waals surface area contributed by atoms with Crippen molar-refractivity contribution in [2.45, 2.75) is 19.3 Å². The van der Waals surface area contributed by atoms with Crippen LogP contribution in [-0.4, -0.2) is 56.1 Å². The summed E-state index contributed by atoms with van der Waals surface area (Å²) in [5.74, 6) is 1.00. The molecule has 2 atom stereocenters. The SMILES string of the molecule is C[C@H](CNC(=O)N1CC[C@@H](CN(C)C)C1)c1cccs1. The van der Waals surface area contributed by atoms with Crippen LogP contribution in [0.15, 0.2) is 17.5 Å². The molecule has 0 aromatic carbocycles. The van der Waals surface area contributed by atoms with Gasteiger partial charge in [0.1, 0.15) is 0 Å². The van der Waals surface area contributed by atoms with Crippen molar-refractivity contribution in [3.8, 4) is 0 Å². The molecule has 0 radical (unpaired) electrons. The molecule has 1 aliphatic heterocycles. The number of carbonyl (C=O) groups is 1. The van der Waals surface area contributed by atoms with Crippen LogP contribution in [0.4, 0.5) is 4.79 Å². The molecule has 0 bridgehead atoms. The highest BCUT2D eigenvalue weighted by Crippen LogP contribution is 2.20. The van der Waals surface area contributed by atoms with Gasteiger partial charge in [0.2, 0.25) is 0 Å². The van der Waals surface area contributed by atoms with Gasteiger partial charge in [0.25, 0.3) is 0 Å². The first-order valence-corrected chi connectivity index (χ1v) is 8.15. The topological polar surface area (TPSA) is 35.6 Å². The molecule has 1 aromatic rings. The van der Waals surface area contributed by atoms with Gasteiger partial charge in [-0.3, -0.25) is 0 Å². The third-order valence-corrected chi connectivity index (χ3v) is 4.89. The van der Waals surface area contributed by atoms with Gasteiger partial charge in [0, 0.05) is 37.0 Å². The van der Waals surface area contributed by atoms with Gasteiger partial charge in [-0.25, -0.2) is 4.79 Å². The van der Waals surface area contributed by atoms with Gasteiger partial charge >= 0.3 is 6.03 Å². The van der Waals surface area contributed by atoms with E-state index in [1.165, 1.54) is 4.88 Å². The lowest BCUT2D eigenvalue weighted by Crippen LogP contribution is -2.40. The highest BCUT2D eigenvalue weighted by molar-refractivity contribution is 7.10. The number of likely N-dealkylation sites (tertiary alicyclic amines) is 1. The monoisotopic (exact) mass is 295 g/mol. The molecule has 5 heteroatoms. The van der Waals surface area contributed by atoms with Crippen LogP contribution in [0.2, 0.25) is 0 Å². The van der Waals surface area contributed by atoms with Crippen LogP contribution < -0.4 is 5.32 Å². The molecule has 1 aromatic heterocycles. The predicted molar refractivity (Wildman–Crippen MR) is 84.4 cm³/mol. The third-order valence-electron chi connectivity index (χ3n) is 3.78. The van der Waals surface area contributed by atoms with Crippen molar-refractivity contribution in [3.05, 3.63) is 22.4 Å². The summed E-state index contributed by atoms with van der Waals surface area (Å²) in [6, 6.07) is 4.28. The number of thiophene rings is 1. The lowest BCUT2D eigenvalue weighted by molar-refractivity contribution is 0.205. The van der Waals surface area contributed by atoms with Crippen molar-refractivity contribution < 1.29 is 4.79 Å². The molecule has 0 spiro atoms. The van der Waals surface area contributed by atoms with Crippen LogP contribution in [0.1, 0.15) is 24.1 Å². The molecule has 4 nitrogen and oxygen atoms in total. The number of carbonyl (C=O) groups excluding carboxylic acids is 1. The van der Waals surface area contributed by atoms with Gasteiger partial charge in [0.15, 0.2) is 0 Å². The van der Waals surface area contributed by atoms with Gasteiger partial charge < -0.3 is 15.1 Å². The lowest BCUT2D eigenvalue weighted by Gasteiger charge is -2.20. The van der Waals surface area contributed by atoms with E-state index in [1.807, 2.05) is 4.90 Å². The Bertz CT molecular complexity index is 419. The maximum absolute atomic E-state index is 12.2. The fourth-order valence-electron chi connectivity index (χ4n) is 2.71. The number of hydrogen-bond donors (Lipinski definition) is 1. The second kappa shape index (κ2) is 7.09. The van der Waals surface area contributed by atoms with Crippen LogP contribution >= 0.6 is 11.3 Å². The Balaban J connectivity index is 1.73. The first-order chi connectivity index (χ1) is 9.56. The molecule has 1 N–H and O–H groups in total. The van der Waals surface area contributed by atoms with Crippen molar-refractivity contribution in [2.24, 2.45) is 5.92 Å². The average Bonchev–Trinajstić information content (AvgIpc) is 3.05. The fourth-order valence-corrected chi connectivity index (χ4v) is 3.49. The standard InChI is InChI=1S/C15H25N3OS/c1-12(14-5-4-8-20-14)9-16-15(19)18-7-6-13(11-18)10-17(2)3/h4-5,8,12-13H,6-7,9-11H2,1-3H3,(H,16,19)/t12-,13+/m1/s1. The lowest BCUT2D eigenvalue weighted by atomic mass is 10.1. The van der Waals surface area contributed by atoms with E-state index in [-0.39, 0.29) is 6.03 Å². The zero-order valence-electron chi connectivity index (χ0n) is 12.6. The molecule has 1 aliphatic rings. The summed E-state index contributed by atoms with van der Waals surface area (Å²) in [4.78, 5) is 17.6. The maximum atomic E-state index is 12.2. The predicted octanol–water partition coefficient (Wildman–Crippen LogP) is 2.44. The Hall–Kier alpha value is -1.07. The van der Waals surface area contributed by atoms with Gasteiger partial charge in [-0.05, 0) is 37.9 Å². The van der Waals surface area contributed by atoms with Crippen LogP contribution in [0.3, 0.4) is 0 Å². The summed E-state index contributed by atoms with van der Waals surface area (Å²) in [7, 11) is 4.18. The highest BCUT2D eigenvalue weighted by Gasteiger charge is 2.26. The van der Waals surface area contributed by atoms with Gasteiger partial charge in [0.05, 0.1) is 0 Å². The molecule has 0 aliphatic carbocycles. The van der Waals surface area contributed by atoms with Crippen molar-refractivity contribution in [2.75, 3.05) is 40.3 Å². The van der Waals surface area contributed by atoms with Crippen molar-refractivity contribution >= 4 is 17.4 Å². The van der Waals surface area contributed by atoms with E-state index >= 15 is 0 Å². The average molecular weight is 295 g/mol. The molecule has 112 valence electrons. The van der Waals surface area contributed by atoms with Gasteiger partial charge in [-0.15, -0.1) is 11.3 Å². The van der Waals surface area contributed by atoms with E-state index in [0.717, 1.165) is 26.1 Å². The molecular weight excluding hydrogens is 270 g/mol. The number of amides is 2. The van der Waals surface area contributed by atoms with Crippen LogP contribution in [-0.2, 0) is 0 Å². The van der Waals surface area contributed by atoms with E-state index in [0.29, 0.717) is 18.4 Å². The summed E-state index contributed by atoms with van der Waals surface area (Å²) in [5, 5.41) is 5.15. The van der Waals surface area contributed by atoms with Gasteiger partial charge in [-0.1, -0.05) is 13.0 Å². The smallest absolute Gasteiger partial charge is 0.317 e. The molecule has 2 amide bonds. The second-order valence-electron chi connectivity index (χ2n) is 5.97. The van der Waals surface area contributed by atoms with Crippen molar-refractivity contribution in [1.82, 2.24) is 15.1 Å². The molecule has 0 saturated carbocycles. The van der Waals surface area contributed by atoms with Crippen LogP contribution in [0.5, 0.6) is 0 Å². The highest BCUT2D eigenvalue weighted by atomic mass is 32.1. The largest absolute Gasteiger partial charge is 0.337 e. The summed E-state index contributed by atoms with van der Waals surface area (Å²) in [6.45, 7) is 5.71. The Kier molecular flexibility index (Phi) is 5.43. The van der Waals surface area contributed by atoms with Crippen LogP contribution in [0, 0.1) is 5.92 Å². The number of rotatable bonds is 5. The molecule has 2 heterocycles. The number of nitrogens with one attached hydrogen (secondary N) is 1. The molecule has 0 unspecified atom stereocenters. The van der Waals surface area contributed by atoms with E-state index in [2.05, 4.69) is 48.7 Å². The number of urea groups is 1. The maximum Gasteiger partial charge on any atom is 0.317 e. The summed E-state index contributed by atoms with van der Waals surface area (Å²) in [6.07, 6.45) is 1.12. The zero-order valence-corrected chi connectivity index (χ0v) is 13.4. The van der Waals surface area contributed by atoms with Crippen molar-refractivity contribution in [1.29, 1.82) is 0 Å². The quantitative estimate of drug-likeness (QED) is 0.905. The van der Waals surface area contributed by atoms with E-state index in [4.69, 9.17) is 0 Å². The normalized spacial score (nSPS) is 20.4. The number of hydrogen-bond acceptors (Lipinski definition) is 3. The zero-order chi connectivity index (χ0) is 14.5. The summed E-state index contributed by atoms with van der Waals surface area (Å²) in [5.41, 5.74) is 0. The van der Waals surface area contributed by atoms with E-state index in [9.17, 15) is 4.79 Å². The summed E-state index contributed by atoms with van der Waals surface area (Å²) < 4.78 is 0.